The third-order valence-electron chi connectivity index (χ3n) is 6.61. The van der Waals surface area contributed by atoms with E-state index in [9.17, 15) is 35.9 Å². The number of H-pyrrole nitrogens is 1. The van der Waals surface area contributed by atoms with E-state index in [1.807, 2.05) is 11.8 Å². The molecule has 37 heavy (non-hydrogen) atoms. The maximum Gasteiger partial charge on any atom is 0.418 e. The zero-order valence-electron chi connectivity index (χ0n) is 19.9. The van der Waals surface area contributed by atoms with E-state index in [0.29, 0.717) is 18.3 Å². The number of aromatic amines is 1. The van der Waals surface area contributed by atoms with E-state index in [0.717, 1.165) is 56.5 Å². The minimum Gasteiger partial charge on any atom is -0.369 e. The van der Waals surface area contributed by atoms with Crippen molar-refractivity contribution in [2.45, 2.75) is 57.4 Å². The van der Waals surface area contributed by atoms with Crippen LogP contribution in [-0.4, -0.2) is 23.5 Å². The lowest BCUT2D eigenvalue weighted by Crippen LogP contribution is -2.29. The number of hydrogen-bond acceptors (Lipinski definition) is 3. The number of carbonyl (C=O) groups is 1. The Kier molecular flexibility index (Phi) is 7.25. The summed E-state index contributed by atoms with van der Waals surface area (Å²) in [7, 11) is 0. The number of rotatable bonds is 6. The number of nitrogens with one attached hydrogen (secondary N) is 2. The second-order valence-electron chi connectivity index (χ2n) is 9.07. The number of carbonyl (C=O) groups excluding carboxylic acids is 1. The van der Waals surface area contributed by atoms with Crippen molar-refractivity contribution in [3.63, 3.8) is 0 Å². The van der Waals surface area contributed by atoms with Crippen LogP contribution in [0.1, 0.15) is 60.5 Å². The van der Waals surface area contributed by atoms with Gasteiger partial charge >= 0.3 is 12.4 Å². The molecule has 0 radical (unpaired) electrons. The summed E-state index contributed by atoms with van der Waals surface area (Å²) in [4.78, 5) is 30.1. The second-order valence-corrected chi connectivity index (χ2v) is 9.07. The summed E-state index contributed by atoms with van der Waals surface area (Å²) >= 11 is 0. The molecule has 198 valence electrons. The summed E-state index contributed by atoms with van der Waals surface area (Å²) in [6, 6.07) is 6.72. The van der Waals surface area contributed by atoms with Gasteiger partial charge in [-0.3, -0.25) is 9.59 Å². The van der Waals surface area contributed by atoms with Crippen LogP contribution in [0.5, 0.6) is 0 Å². The number of anilines is 2. The van der Waals surface area contributed by atoms with Crippen molar-refractivity contribution in [2.75, 3.05) is 16.8 Å². The molecule has 0 saturated carbocycles. The van der Waals surface area contributed by atoms with E-state index in [2.05, 4.69) is 10.3 Å². The molecule has 2 N–H and O–H groups in total. The van der Waals surface area contributed by atoms with E-state index in [1.165, 1.54) is 12.1 Å². The SMILES string of the molecule is CCCCC1CCCN1c1ccc(NC(=O)c2c[nH]c3cccc(C(F)(F)F)c3c2=O)c(C(F)(F)F)c1. The lowest BCUT2D eigenvalue weighted by atomic mass is 10.0. The highest BCUT2D eigenvalue weighted by atomic mass is 19.4. The summed E-state index contributed by atoms with van der Waals surface area (Å²) in [5.41, 5.74) is -4.69. The van der Waals surface area contributed by atoms with Gasteiger partial charge in [-0.15, -0.1) is 0 Å². The molecule has 0 aliphatic carbocycles. The molecule has 1 aromatic heterocycles. The van der Waals surface area contributed by atoms with Gasteiger partial charge in [-0.2, -0.15) is 26.3 Å². The van der Waals surface area contributed by atoms with Gasteiger partial charge in [-0.1, -0.05) is 25.8 Å². The van der Waals surface area contributed by atoms with Crippen LogP contribution in [0.4, 0.5) is 37.7 Å². The zero-order valence-corrected chi connectivity index (χ0v) is 19.9. The monoisotopic (exact) mass is 525 g/mol. The minimum atomic E-state index is -4.87. The first-order valence-corrected chi connectivity index (χ1v) is 11.9. The van der Waals surface area contributed by atoms with E-state index < -0.39 is 51.5 Å². The van der Waals surface area contributed by atoms with E-state index >= 15 is 0 Å². The average molecular weight is 525 g/mol. The first kappa shape index (κ1) is 26.6. The van der Waals surface area contributed by atoms with Crippen LogP contribution >= 0.6 is 0 Å². The van der Waals surface area contributed by atoms with Gasteiger partial charge < -0.3 is 15.2 Å². The quantitative estimate of drug-likeness (QED) is 0.342. The Labute approximate surface area is 208 Å². The predicted octanol–water partition coefficient (Wildman–Crippen LogP) is 6.98. The summed E-state index contributed by atoms with van der Waals surface area (Å²) in [5, 5.41) is 1.32. The lowest BCUT2D eigenvalue weighted by Gasteiger charge is -2.28. The van der Waals surface area contributed by atoms with Crippen molar-refractivity contribution in [1.82, 2.24) is 4.98 Å². The van der Waals surface area contributed by atoms with Gasteiger partial charge in [0.2, 0.25) is 5.43 Å². The molecule has 1 unspecified atom stereocenters. The van der Waals surface area contributed by atoms with Crippen LogP contribution in [0.15, 0.2) is 47.4 Å². The Hall–Kier alpha value is -3.50. The van der Waals surface area contributed by atoms with Gasteiger partial charge in [0.1, 0.15) is 5.56 Å². The molecular formula is C26H25F6N3O2. The largest absolute Gasteiger partial charge is 0.418 e. The molecule has 1 fully saturated rings. The van der Waals surface area contributed by atoms with Gasteiger partial charge in [0.25, 0.3) is 5.91 Å². The van der Waals surface area contributed by atoms with Crippen LogP contribution in [0.2, 0.25) is 0 Å². The van der Waals surface area contributed by atoms with Crippen molar-refractivity contribution >= 4 is 28.2 Å². The van der Waals surface area contributed by atoms with Gasteiger partial charge in [-0.25, -0.2) is 0 Å². The van der Waals surface area contributed by atoms with Gasteiger partial charge in [0.05, 0.1) is 22.2 Å². The zero-order chi connectivity index (χ0) is 27.0. The van der Waals surface area contributed by atoms with Crippen LogP contribution in [0, 0.1) is 0 Å². The molecule has 11 heteroatoms. The third kappa shape index (κ3) is 5.45. The second kappa shape index (κ2) is 10.1. The van der Waals surface area contributed by atoms with Crippen molar-refractivity contribution in [3.05, 3.63) is 69.5 Å². The number of alkyl halides is 6. The molecular weight excluding hydrogens is 500 g/mol. The molecule has 1 saturated heterocycles. The van der Waals surface area contributed by atoms with E-state index in [1.54, 1.807) is 0 Å². The number of unbranched alkanes of at least 4 members (excludes halogenated alkanes) is 1. The molecule has 3 aromatic rings. The molecule has 1 atom stereocenters. The molecule has 1 aliphatic heterocycles. The lowest BCUT2D eigenvalue weighted by molar-refractivity contribution is -0.137. The summed E-state index contributed by atoms with van der Waals surface area (Å²) in [6.45, 7) is 2.66. The number of nitrogens with zero attached hydrogens (tertiary/aromatic N) is 1. The van der Waals surface area contributed by atoms with Gasteiger partial charge in [0.15, 0.2) is 0 Å². The van der Waals surface area contributed by atoms with Crippen LogP contribution in [0.3, 0.4) is 0 Å². The standard InChI is InChI=1S/C26H25F6N3O2/c1-2-3-6-15-7-5-12-35(15)16-10-11-20(19(13-16)26(30,31)32)34-24(37)17-14-33-21-9-4-8-18(25(27,28)29)22(21)23(17)36/h4,8-11,13-15H,2-3,5-7,12H2,1H3,(H,33,36)(H,34,37). The Morgan fingerprint density at radius 2 is 1.81 bits per heavy atom. The molecule has 2 aromatic carbocycles. The van der Waals surface area contributed by atoms with Gasteiger partial charge in [-0.05, 0) is 49.6 Å². The molecule has 0 bridgehead atoms. The maximum atomic E-state index is 14.0. The first-order valence-electron chi connectivity index (χ1n) is 11.9. The number of benzene rings is 2. The topological polar surface area (TPSA) is 65.2 Å². The fourth-order valence-corrected chi connectivity index (χ4v) is 4.83. The number of hydrogen-bond donors (Lipinski definition) is 2. The number of halogens is 6. The van der Waals surface area contributed by atoms with Crippen LogP contribution < -0.4 is 15.6 Å². The smallest absolute Gasteiger partial charge is 0.369 e. The van der Waals surface area contributed by atoms with Crippen molar-refractivity contribution in [2.24, 2.45) is 0 Å². The molecule has 5 nitrogen and oxygen atoms in total. The number of fused-ring (bicyclic) bond motifs is 1. The molecule has 1 aliphatic rings. The fourth-order valence-electron chi connectivity index (χ4n) is 4.83. The summed E-state index contributed by atoms with van der Waals surface area (Å²) in [6.07, 6.45) is -4.27. The number of amides is 1. The van der Waals surface area contributed by atoms with Crippen LogP contribution in [0.25, 0.3) is 10.9 Å². The Morgan fingerprint density at radius 3 is 2.49 bits per heavy atom. The minimum absolute atomic E-state index is 0.125. The third-order valence-corrected chi connectivity index (χ3v) is 6.61. The molecule has 4 rings (SSSR count). The summed E-state index contributed by atoms with van der Waals surface area (Å²) in [5.74, 6) is -1.25. The summed E-state index contributed by atoms with van der Waals surface area (Å²) < 4.78 is 82.3. The number of pyridine rings is 1. The fraction of sp³-hybridized carbons (Fsp3) is 0.385. The molecule has 1 amide bonds. The normalized spacial score (nSPS) is 16.4. The Morgan fingerprint density at radius 1 is 1.08 bits per heavy atom. The Bertz CT molecular complexity index is 1360. The highest BCUT2D eigenvalue weighted by Crippen LogP contribution is 2.39. The van der Waals surface area contributed by atoms with Crippen molar-refractivity contribution in [1.29, 1.82) is 0 Å². The highest BCUT2D eigenvalue weighted by molar-refractivity contribution is 6.06. The van der Waals surface area contributed by atoms with Crippen molar-refractivity contribution < 1.29 is 31.1 Å². The van der Waals surface area contributed by atoms with Crippen molar-refractivity contribution in [3.8, 4) is 0 Å². The van der Waals surface area contributed by atoms with Gasteiger partial charge in [0, 0.05) is 30.0 Å². The number of aromatic nitrogens is 1. The van der Waals surface area contributed by atoms with E-state index in [-0.39, 0.29) is 11.6 Å². The maximum absolute atomic E-state index is 14.0. The predicted molar refractivity (Wildman–Crippen MR) is 129 cm³/mol. The van der Waals surface area contributed by atoms with Crippen LogP contribution in [-0.2, 0) is 12.4 Å². The molecule has 2 heterocycles. The highest BCUT2D eigenvalue weighted by Gasteiger charge is 2.37. The first-order chi connectivity index (χ1) is 17.4. The Balaban J connectivity index is 1.70. The molecule has 0 spiro atoms. The van der Waals surface area contributed by atoms with E-state index in [4.69, 9.17) is 0 Å². The average Bonchev–Trinajstić information content (AvgIpc) is 3.30.